The highest BCUT2D eigenvalue weighted by atomic mass is 127. The second kappa shape index (κ2) is 9.41. The number of likely N-dealkylation sites (tertiary alicyclic amines) is 1. The topological polar surface area (TPSA) is 73.8 Å². The summed E-state index contributed by atoms with van der Waals surface area (Å²) in [6.45, 7) is 7.54. The van der Waals surface area contributed by atoms with Gasteiger partial charge in [-0.15, -0.1) is 24.0 Å². The van der Waals surface area contributed by atoms with Crippen molar-refractivity contribution in [2.24, 2.45) is 10.4 Å². The molecule has 1 saturated carbocycles. The number of nitrogens with one attached hydrogen (secondary N) is 2. The van der Waals surface area contributed by atoms with E-state index in [9.17, 15) is 8.42 Å². The van der Waals surface area contributed by atoms with E-state index in [1.807, 2.05) is 0 Å². The van der Waals surface area contributed by atoms with Gasteiger partial charge in [0.25, 0.3) is 0 Å². The fourth-order valence-electron chi connectivity index (χ4n) is 3.54. The fourth-order valence-corrected chi connectivity index (χ4v) is 4.15. The van der Waals surface area contributed by atoms with E-state index in [0.29, 0.717) is 18.5 Å². The molecule has 1 aliphatic heterocycles. The van der Waals surface area contributed by atoms with Gasteiger partial charge in [-0.05, 0) is 38.5 Å². The van der Waals surface area contributed by atoms with Gasteiger partial charge in [-0.1, -0.05) is 12.8 Å². The van der Waals surface area contributed by atoms with Crippen LogP contribution in [0, 0.1) is 5.41 Å². The Bertz CT molecular complexity index is 490. The molecule has 0 unspecified atom stereocenters. The van der Waals surface area contributed by atoms with Gasteiger partial charge in [-0.25, -0.2) is 13.1 Å². The van der Waals surface area contributed by atoms with E-state index in [-0.39, 0.29) is 29.7 Å². The number of halogens is 1. The zero-order chi connectivity index (χ0) is 16.1. The lowest BCUT2D eigenvalue weighted by Crippen LogP contribution is -2.41. The van der Waals surface area contributed by atoms with E-state index in [2.05, 4.69) is 26.9 Å². The van der Waals surface area contributed by atoms with Crippen molar-refractivity contribution < 1.29 is 8.42 Å². The monoisotopic (exact) mass is 458 g/mol. The summed E-state index contributed by atoms with van der Waals surface area (Å²) in [5.41, 5.74) is 0.514. The molecule has 23 heavy (non-hydrogen) atoms. The van der Waals surface area contributed by atoms with Crippen molar-refractivity contribution in [1.82, 2.24) is 14.9 Å². The van der Waals surface area contributed by atoms with Crippen molar-refractivity contribution in [3.63, 3.8) is 0 Å². The number of nitrogens with zero attached hydrogens (tertiary/aromatic N) is 2. The van der Waals surface area contributed by atoms with Crippen LogP contribution >= 0.6 is 24.0 Å². The van der Waals surface area contributed by atoms with Crippen LogP contribution in [0.25, 0.3) is 0 Å². The van der Waals surface area contributed by atoms with Crippen LogP contribution < -0.4 is 10.0 Å². The minimum atomic E-state index is -3.12. The molecule has 1 heterocycles. The molecule has 0 aromatic carbocycles. The average Bonchev–Trinajstić information content (AvgIpc) is 3.13. The molecule has 1 spiro atoms. The summed E-state index contributed by atoms with van der Waals surface area (Å²) in [6.07, 6.45) is 6.68. The van der Waals surface area contributed by atoms with E-state index in [0.717, 1.165) is 25.6 Å². The third-order valence-corrected chi connectivity index (χ3v) is 6.22. The summed E-state index contributed by atoms with van der Waals surface area (Å²) in [5, 5.41) is 3.34. The molecule has 0 bridgehead atoms. The molecule has 8 heteroatoms. The maximum Gasteiger partial charge on any atom is 0.211 e. The number of rotatable bonds is 6. The Morgan fingerprint density at radius 3 is 2.52 bits per heavy atom. The Morgan fingerprint density at radius 2 is 1.91 bits per heavy atom. The van der Waals surface area contributed by atoms with Crippen LogP contribution in [0.2, 0.25) is 0 Å². The lowest BCUT2D eigenvalue weighted by molar-refractivity contribution is 0.309. The first-order valence-electron chi connectivity index (χ1n) is 8.51. The summed E-state index contributed by atoms with van der Waals surface area (Å²) in [5.74, 6) is 1.05. The third-order valence-electron chi connectivity index (χ3n) is 4.81. The van der Waals surface area contributed by atoms with Crippen molar-refractivity contribution >= 4 is 40.0 Å². The first kappa shape index (κ1) is 21.0. The summed E-state index contributed by atoms with van der Waals surface area (Å²) >= 11 is 0. The molecule has 6 nitrogen and oxygen atoms in total. The number of hydrogen-bond acceptors (Lipinski definition) is 3. The molecule has 0 aromatic rings. The SMILES string of the molecule is CCNC(=NCCNS(=O)(=O)CC)N1CCC2(CCCC2)C1.I. The van der Waals surface area contributed by atoms with Crippen LogP contribution in [0.1, 0.15) is 46.0 Å². The van der Waals surface area contributed by atoms with Crippen LogP contribution in [-0.4, -0.2) is 57.8 Å². The van der Waals surface area contributed by atoms with Gasteiger partial charge in [0.1, 0.15) is 0 Å². The van der Waals surface area contributed by atoms with Gasteiger partial charge in [-0.2, -0.15) is 0 Å². The molecule has 0 aromatic heterocycles. The van der Waals surface area contributed by atoms with Crippen molar-refractivity contribution in [1.29, 1.82) is 0 Å². The van der Waals surface area contributed by atoms with Crippen molar-refractivity contribution in [2.75, 3.05) is 38.5 Å². The van der Waals surface area contributed by atoms with Crippen molar-refractivity contribution in [3.8, 4) is 0 Å². The summed E-state index contributed by atoms with van der Waals surface area (Å²) in [4.78, 5) is 6.94. The van der Waals surface area contributed by atoms with E-state index < -0.39 is 10.0 Å². The standard InChI is InChI=1S/C15H30N4O2S.HI/c1-3-16-14(17-10-11-18-22(20,21)4-2)19-12-9-15(13-19)7-5-6-8-15;/h18H,3-13H2,1-2H3,(H,16,17);1H. The maximum atomic E-state index is 11.4. The summed E-state index contributed by atoms with van der Waals surface area (Å²) in [7, 11) is -3.12. The maximum absolute atomic E-state index is 11.4. The zero-order valence-electron chi connectivity index (χ0n) is 14.3. The quantitative estimate of drug-likeness (QED) is 0.276. The van der Waals surface area contributed by atoms with Crippen LogP contribution in [0.3, 0.4) is 0 Å². The molecule has 0 amide bonds. The number of sulfonamides is 1. The lowest BCUT2D eigenvalue weighted by atomic mass is 9.86. The first-order chi connectivity index (χ1) is 10.5. The molecule has 1 aliphatic carbocycles. The van der Waals surface area contributed by atoms with E-state index in [1.165, 1.54) is 32.1 Å². The zero-order valence-corrected chi connectivity index (χ0v) is 17.5. The second-order valence-corrected chi connectivity index (χ2v) is 8.51. The third kappa shape index (κ3) is 6.04. The molecule has 0 atom stereocenters. The highest BCUT2D eigenvalue weighted by Crippen LogP contribution is 2.45. The van der Waals surface area contributed by atoms with Gasteiger partial charge in [-0.3, -0.25) is 4.99 Å². The Kier molecular flexibility index (Phi) is 8.57. The van der Waals surface area contributed by atoms with Crippen LogP contribution in [0.15, 0.2) is 4.99 Å². The number of hydrogen-bond donors (Lipinski definition) is 2. The van der Waals surface area contributed by atoms with Crippen LogP contribution in [0.4, 0.5) is 0 Å². The van der Waals surface area contributed by atoms with Crippen molar-refractivity contribution in [3.05, 3.63) is 0 Å². The van der Waals surface area contributed by atoms with Gasteiger partial charge in [0, 0.05) is 26.2 Å². The van der Waals surface area contributed by atoms with Crippen LogP contribution in [0.5, 0.6) is 0 Å². The molecule has 0 radical (unpaired) electrons. The highest BCUT2D eigenvalue weighted by Gasteiger charge is 2.41. The Labute approximate surface area is 157 Å². The summed E-state index contributed by atoms with van der Waals surface area (Å²) < 4.78 is 25.4. The molecular weight excluding hydrogens is 427 g/mol. The lowest BCUT2D eigenvalue weighted by Gasteiger charge is -2.26. The minimum absolute atomic E-state index is 0. The largest absolute Gasteiger partial charge is 0.357 e. The fraction of sp³-hybridized carbons (Fsp3) is 0.933. The van der Waals surface area contributed by atoms with Gasteiger partial charge >= 0.3 is 0 Å². The number of guanidine groups is 1. The second-order valence-electron chi connectivity index (χ2n) is 6.41. The van der Waals surface area contributed by atoms with Crippen molar-refractivity contribution in [2.45, 2.75) is 46.0 Å². The summed E-state index contributed by atoms with van der Waals surface area (Å²) in [6, 6.07) is 0. The first-order valence-corrected chi connectivity index (χ1v) is 10.2. The Morgan fingerprint density at radius 1 is 1.22 bits per heavy atom. The molecule has 136 valence electrons. The average molecular weight is 458 g/mol. The smallest absolute Gasteiger partial charge is 0.211 e. The van der Waals surface area contributed by atoms with E-state index in [4.69, 9.17) is 0 Å². The van der Waals surface area contributed by atoms with E-state index >= 15 is 0 Å². The highest BCUT2D eigenvalue weighted by molar-refractivity contribution is 14.0. The van der Waals surface area contributed by atoms with Gasteiger partial charge in [0.2, 0.25) is 10.0 Å². The molecule has 2 fully saturated rings. The van der Waals surface area contributed by atoms with Crippen LogP contribution in [-0.2, 0) is 10.0 Å². The Hall–Kier alpha value is -0.0900. The Balaban J connectivity index is 0.00000264. The van der Waals surface area contributed by atoms with Gasteiger partial charge < -0.3 is 10.2 Å². The molecular formula is C15H31IN4O2S. The molecule has 2 rings (SSSR count). The predicted molar refractivity (Wildman–Crippen MR) is 106 cm³/mol. The molecule has 2 N–H and O–H groups in total. The van der Waals surface area contributed by atoms with E-state index in [1.54, 1.807) is 6.92 Å². The normalized spacial score (nSPS) is 20.8. The number of aliphatic imine (C=N–C) groups is 1. The predicted octanol–water partition coefficient (Wildman–Crippen LogP) is 1.78. The van der Waals surface area contributed by atoms with Gasteiger partial charge in [0.05, 0.1) is 12.3 Å². The molecule has 1 saturated heterocycles. The molecule has 2 aliphatic rings. The minimum Gasteiger partial charge on any atom is -0.357 e. The van der Waals surface area contributed by atoms with Gasteiger partial charge in [0.15, 0.2) is 5.96 Å².